The summed E-state index contributed by atoms with van der Waals surface area (Å²) in [5.74, 6) is 2.15. The number of nitrogens with zero attached hydrogens (tertiary/aromatic N) is 3. The van der Waals surface area contributed by atoms with Crippen LogP contribution in [-0.4, -0.2) is 14.5 Å². The first-order valence-electron chi connectivity index (χ1n) is 7.12. The molecule has 0 amide bonds. The van der Waals surface area contributed by atoms with Crippen LogP contribution in [0.1, 0.15) is 49.3 Å². The zero-order valence-electron chi connectivity index (χ0n) is 12.2. The fourth-order valence-electron chi connectivity index (χ4n) is 3.26. The molecule has 0 aromatic carbocycles. The molecule has 19 heavy (non-hydrogen) atoms. The van der Waals surface area contributed by atoms with Crippen LogP contribution in [0, 0.1) is 26.7 Å². The average molecular weight is 258 g/mol. The first-order chi connectivity index (χ1) is 9.00. The van der Waals surface area contributed by atoms with Gasteiger partial charge in [0.1, 0.15) is 17.3 Å². The lowest BCUT2D eigenvalue weighted by Gasteiger charge is -2.33. The number of nitrogen functional groups attached to an aromatic ring is 1. The van der Waals surface area contributed by atoms with Gasteiger partial charge in [-0.2, -0.15) is 0 Å². The van der Waals surface area contributed by atoms with Gasteiger partial charge in [-0.15, -0.1) is 0 Å². The van der Waals surface area contributed by atoms with Crippen LogP contribution in [0.15, 0.2) is 0 Å². The van der Waals surface area contributed by atoms with E-state index in [4.69, 9.17) is 5.73 Å². The third-order valence-electron chi connectivity index (χ3n) is 4.78. The molecule has 2 aromatic heterocycles. The predicted molar refractivity (Wildman–Crippen MR) is 78.2 cm³/mol. The summed E-state index contributed by atoms with van der Waals surface area (Å²) in [6, 6.07) is 0.499. The predicted octanol–water partition coefficient (Wildman–Crippen LogP) is 3.30. The zero-order valence-corrected chi connectivity index (χ0v) is 12.2. The molecule has 2 aromatic rings. The standard InChI is InChI=1S/C15H22N4/c1-8-9(2)19(10(3)12-6-5-7-12)15-13(8)14(16)17-11(4)18-15/h10,12H,5-7H2,1-4H3,(H2,16,17,18). The van der Waals surface area contributed by atoms with Gasteiger partial charge in [0.25, 0.3) is 0 Å². The number of fused-ring (bicyclic) bond motifs is 1. The van der Waals surface area contributed by atoms with Gasteiger partial charge in [0.05, 0.1) is 5.39 Å². The molecule has 0 saturated heterocycles. The van der Waals surface area contributed by atoms with E-state index in [1.807, 2.05) is 6.92 Å². The molecule has 2 N–H and O–H groups in total. The molecule has 0 radical (unpaired) electrons. The number of aromatic nitrogens is 3. The van der Waals surface area contributed by atoms with Crippen molar-refractivity contribution in [2.75, 3.05) is 5.73 Å². The van der Waals surface area contributed by atoms with Crippen LogP contribution >= 0.6 is 0 Å². The van der Waals surface area contributed by atoms with Gasteiger partial charge in [-0.3, -0.25) is 0 Å². The molecule has 4 nitrogen and oxygen atoms in total. The minimum Gasteiger partial charge on any atom is -0.383 e. The summed E-state index contributed by atoms with van der Waals surface area (Å²) >= 11 is 0. The lowest BCUT2D eigenvalue weighted by molar-refractivity contribution is 0.224. The summed E-state index contributed by atoms with van der Waals surface area (Å²) in [6.45, 7) is 8.51. The molecule has 0 spiro atoms. The molecule has 3 rings (SSSR count). The second-order valence-electron chi connectivity index (χ2n) is 5.87. The maximum Gasteiger partial charge on any atom is 0.146 e. The largest absolute Gasteiger partial charge is 0.383 e. The van der Waals surface area contributed by atoms with Crippen LogP contribution in [0.4, 0.5) is 5.82 Å². The van der Waals surface area contributed by atoms with Crippen molar-refractivity contribution >= 4 is 16.9 Å². The second-order valence-corrected chi connectivity index (χ2v) is 5.87. The molecule has 0 bridgehead atoms. The van der Waals surface area contributed by atoms with Gasteiger partial charge in [0, 0.05) is 11.7 Å². The first kappa shape index (κ1) is 12.5. The Morgan fingerprint density at radius 3 is 2.47 bits per heavy atom. The molecular weight excluding hydrogens is 236 g/mol. The third kappa shape index (κ3) is 1.73. The Labute approximate surface area is 114 Å². The van der Waals surface area contributed by atoms with E-state index in [2.05, 4.69) is 35.3 Å². The summed E-state index contributed by atoms with van der Waals surface area (Å²) in [5.41, 5.74) is 9.61. The Kier molecular flexibility index (Phi) is 2.77. The molecule has 0 aliphatic heterocycles. The topological polar surface area (TPSA) is 56.7 Å². The van der Waals surface area contributed by atoms with Crippen molar-refractivity contribution < 1.29 is 0 Å². The van der Waals surface area contributed by atoms with Crippen molar-refractivity contribution in [1.82, 2.24) is 14.5 Å². The average Bonchev–Trinajstić information content (AvgIpc) is 2.48. The Balaban J connectivity index is 2.25. The van der Waals surface area contributed by atoms with E-state index < -0.39 is 0 Å². The number of rotatable bonds is 2. The second kappa shape index (κ2) is 4.22. The molecule has 1 aliphatic carbocycles. The van der Waals surface area contributed by atoms with Crippen molar-refractivity contribution in [3.05, 3.63) is 17.1 Å². The van der Waals surface area contributed by atoms with E-state index in [-0.39, 0.29) is 0 Å². The highest BCUT2D eigenvalue weighted by molar-refractivity contribution is 5.91. The minimum absolute atomic E-state index is 0.499. The first-order valence-corrected chi connectivity index (χ1v) is 7.12. The van der Waals surface area contributed by atoms with Gasteiger partial charge in [-0.25, -0.2) is 9.97 Å². The Hall–Kier alpha value is -1.58. The third-order valence-corrected chi connectivity index (χ3v) is 4.78. The highest BCUT2D eigenvalue weighted by atomic mass is 15.1. The maximum absolute atomic E-state index is 6.10. The molecule has 2 heterocycles. The smallest absolute Gasteiger partial charge is 0.146 e. The highest BCUT2D eigenvalue weighted by Gasteiger charge is 2.28. The normalized spacial score (nSPS) is 17.7. The van der Waals surface area contributed by atoms with Gasteiger partial charge >= 0.3 is 0 Å². The molecule has 1 atom stereocenters. The van der Waals surface area contributed by atoms with Crippen molar-refractivity contribution in [3.63, 3.8) is 0 Å². The summed E-state index contributed by atoms with van der Waals surface area (Å²) in [5, 5.41) is 1.04. The molecule has 102 valence electrons. The van der Waals surface area contributed by atoms with E-state index in [0.717, 1.165) is 22.8 Å². The number of hydrogen-bond acceptors (Lipinski definition) is 3. The lowest BCUT2D eigenvalue weighted by Crippen LogP contribution is -2.23. The van der Waals surface area contributed by atoms with Crippen LogP contribution in [0.2, 0.25) is 0 Å². The van der Waals surface area contributed by atoms with E-state index >= 15 is 0 Å². The lowest BCUT2D eigenvalue weighted by atomic mass is 9.80. The quantitative estimate of drug-likeness (QED) is 0.899. The molecule has 1 fully saturated rings. The van der Waals surface area contributed by atoms with Crippen LogP contribution < -0.4 is 5.73 Å². The zero-order chi connectivity index (χ0) is 13.7. The van der Waals surface area contributed by atoms with Gasteiger partial charge in [0.15, 0.2) is 0 Å². The number of nitrogens with two attached hydrogens (primary N) is 1. The van der Waals surface area contributed by atoms with Crippen molar-refractivity contribution in [2.24, 2.45) is 5.92 Å². The number of hydrogen-bond donors (Lipinski definition) is 1. The van der Waals surface area contributed by atoms with E-state index in [1.165, 1.54) is 30.5 Å². The fourth-order valence-corrected chi connectivity index (χ4v) is 3.26. The Morgan fingerprint density at radius 1 is 1.21 bits per heavy atom. The van der Waals surface area contributed by atoms with Crippen LogP contribution in [0.25, 0.3) is 11.0 Å². The van der Waals surface area contributed by atoms with Crippen molar-refractivity contribution in [2.45, 2.75) is 53.0 Å². The van der Waals surface area contributed by atoms with Crippen LogP contribution in [0.3, 0.4) is 0 Å². The SMILES string of the molecule is Cc1nc(N)c2c(C)c(C)n(C(C)C3CCC3)c2n1. The minimum atomic E-state index is 0.499. The monoisotopic (exact) mass is 258 g/mol. The Morgan fingerprint density at radius 2 is 1.89 bits per heavy atom. The van der Waals surface area contributed by atoms with Crippen molar-refractivity contribution in [3.8, 4) is 0 Å². The van der Waals surface area contributed by atoms with Gasteiger partial charge in [0.2, 0.25) is 0 Å². The van der Waals surface area contributed by atoms with Crippen LogP contribution in [0.5, 0.6) is 0 Å². The molecule has 1 saturated carbocycles. The summed E-state index contributed by atoms with van der Waals surface area (Å²) in [4.78, 5) is 8.96. The van der Waals surface area contributed by atoms with Gasteiger partial charge in [-0.1, -0.05) is 6.42 Å². The summed E-state index contributed by atoms with van der Waals surface area (Å²) in [7, 11) is 0. The molecular formula is C15H22N4. The number of aryl methyl sites for hydroxylation is 2. The van der Waals surface area contributed by atoms with Crippen LogP contribution in [-0.2, 0) is 0 Å². The van der Waals surface area contributed by atoms with Gasteiger partial charge in [-0.05, 0) is 52.0 Å². The Bertz CT molecular complexity index is 637. The fraction of sp³-hybridized carbons (Fsp3) is 0.600. The van der Waals surface area contributed by atoms with Gasteiger partial charge < -0.3 is 10.3 Å². The summed E-state index contributed by atoms with van der Waals surface area (Å²) < 4.78 is 2.37. The molecule has 1 unspecified atom stereocenters. The van der Waals surface area contributed by atoms with E-state index in [9.17, 15) is 0 Å². The van der Waals surface area contributed by atoms with Crippen molar-refractivity contribution in [1.29, 1.82) is 0 Å². The molecule has 1 aliphatic rings. The highest BCUT2D eigenvalue weighted by Crippen LogP contribution is 2.40. The number of anilines is 1. The maximum atomic E-state index is 6.10. The van der Waals surface area contributed by atoms with E-state index in [1.54, 1.807) is 0 Å². The summed E-state index contributed by atoms with van der Waals surface area (Å²) in [6.07, 6.45) is 4.03. The molecule has 4 heteroatoms. The van der Waals surface area contributed by atoms with E-state index in [0.29, 0.717) is 11.9 Å².